The summed E-state index contributed by atoms with van der Waals surface area (Å²) in [6, 6.07) is 8.44. The van der Waals surface area contributed by atoms with Crippen LogP contribution in [0.3, 0.4) is 0 Å². The highest BCUT2D eigenvalue weighted by atomic mass is 35.5. The maximum absolute atomic E-state index is 13.6. The largest absolute Gasteiger partial charge is 0.397 e. The fourth-order valence-corrected chi connectivity index (χ4v) is 1.77. The number of carbonyl (C=O) groups is 1. The van der Waals surface area contributed by atoms with E-state index in [4.69, 9.17) is 28.9 Å². The minimum absolute atomic E-state index is 0.0991. The second-order valence-corrected chi connectivity index (χ2v) is 4.66. The molecular formula is C13H9Cl2FN2O. The number of anilines is 2. The normalized spacial score (nSPS) is 10.3. The molecule has 0 atom stereocenters. The summed E-state index contributed by atoms with van der Waals surface area (Å²) in [5.74, 6) is -1.28. The zero-order chi connectivity index (χ0) is 14.0. The molecule has 0 saturated carbocycles. The van der Waals surface area contributed by atoms with Gasteiger partial charge in [0.15, 0.2) is 0 Å². The summed E-state index contributed by atoms with van der Waals surface area (Å²) in [5, 5.41) is 3.14. The fraction of sp³-hybridized carbons (Fsp3) is 0. The molecule has 0 bridgehead atoms. The Labute approximate surface area is 119 Å². The Balaban J connectivity index is 2.23. The topological polar surface area (TPSA) is 55.1 Å². The fourth-order valence-electron chi connectivity index (χ4n) is 1.49. The molecule has 1 amide bonds. The minimum Gasteiger partial charge on any atom is -0.397 e. The van der Waals surface area contributed by atoms with Crippen molar-refractivity contribution in [1.29, 1.82) is 0 Å². The predicted octanol–water partition coefficient (Wildman–Crippen LogP) is 3.97. The number of nitrogens with one attached hydrogen (secondary N) is 1. The van der Waals surface area contributed by atoms with Crippen LogP contribution in [0.2, 0.25) is 10.0 Å². The van der Waals surface area contributed by atoms with E-state index < -0.39 is 11.7 Å². The van der Waals surface area contributed by atoms with Gasteiger partial charge in [0.1, 0.15) is 5.82 Å². The van der Waals surface area contributed by atoms with Crippen molar-refractivity contribution in [3.05, 3.63) is 57.8 Å². The lowest BCUT2D eigenvalue weighted by molar-refractivity contribution is 0.102. The quantitative estimate of drug-likeness (QED) is 0.824. The van der Waals surface area contributed by atoms with Gasteiger partial charge in [-0.1, -0.05) is 23.2 Å². The standard InChI is InChI=1S/C13H9Cl2FN2O/c14-7-1-3-9(11(16)5-7)13(19)18-8-2-4-10(15)12(17)6-8/h1-6H,17H2,(H,18,19). The second kappa shape index (κ2) is 5.47. The Morgan fingerprint density at radius 1 is 1.16 bits per heavy atom. The Morgan fingerprint density at radius 3 is 2.53 bits per heavy atom. The van der Waals surface area contributed by atoms with Crippen LogP contribution in [-0.4, -0.2) is 5.91 Å². The monoisotopic (exact) mass is 298 g/mol. The van der Waals surface area contributed by atoms with E-state index in [0.29, 0.717) is 16.4 Å². The first-order valence-corrected chi connectivity index (χ1v) is 6.04. The maximum atomic E-state index is 13.6. The van der Waals surface area contributed by atoms with E-state index in [9.17, 15) is 9.18 Å². The highest BCUT2D eigenvalue weighted by molar-refractivity contribution is 6.33. The van der Waals surface area contributed by atoms with E-state index in [1.807, 2.05) is 0 Å². The van der Waals surface area contributed by atoms with Gasteiger partial charge >= 0.3 is 0 Å². The SMILES string of the molecule is Nc1cc(NC(=O)c2ccc(Cl)cc2F)ccc1Cl. The van der Waals surface area contributed by atoms with Gasteiger partial charge in [-0.25, -0.2) is 4.39 Å². The van der Waals surface area contributed by atoms with Crippen LogP contribution < -0.4 is 11.1 Å². The van der Waals surface area contributed by atoms with Gasteiger partial charge in [0.25, 0.3) is 5.91 Å². The molecule has 0 aromatic heterocycles. The third-order valence-corrected chi connectivity index (χ3v) is 3.01. The molecule has 0 aliphatic carbocycles. The van der Waals surface area contributed by atoms with E-state index >= 15 is 0 Å². The molecule has 0 aliphatic rings. The van der Waals surface area contributed by atoms with Gasteiger partial charge in [-0.3, -0.25) is 4.79 Å². The van der Waals surface area contributed by atoms with Gasteiger partial charge in [-0.15, -0.1) is 0 Å². The third-order valence-electron chi connectivity index (χ3n) is 2.43. The molecule has 2 aromatic carbocycles. The molecule has 6 heteroatoms. The number of nitrogens with two attached hydrogens (primary N) is 1. The van der Waals surface area contributed by atoms with Crippen LogP contribution in [0.4, 0.5) is 15.8 Å². The van der Waals surface area contributed by atoms with Crippen molar-refractivity contribution in [2.24, 2.45) is 0 Å². The molecule has 0 unspecified atom stereocenters. The van der Waals surface area contributed by atoms with Crippen molar-refractivity contribution in [3.8, 4) is 0 Å². The highest BCUT2D eigenvalue weighted by Gasteiger charge is 2.12. The van der Waals surface area contributed by atoms with Crippen LogP contribution in [0, 0.1) is 5.82 Å². The van der Waals surface area contributed by atoms with Crippen LogP contribution in [0.25, 0.3) is 0 Å². The Hall–Kier alpha value is -1.78. The zero-order valence-electron chi connectivity index (χ0n) is 9.58. The smallest absolute Gasteiger partial charge is 0.258 e. The van der Waals surface area contributed by atoms with Crippen LogP contribution in [-0.2, 0) is 0 Å². The lowest BCUT2D eigenvalue weighted by Gasteiger charge is -2.07. The number of halogens is 3. The zero-order valence-corrected chi connectivity index (χ0v) is 11.1. The van der Waals surface area contributed by atoms with Crippen molar-refractivity contribution in [2.45, 2.75) is 0 Å². The average molecular weight is 299 g/mol. The van der Waals surface area contributed by atoms with Gasteiger partial charge in [0, 0.05) is 10.7 Å². The number of rotatable bonds is 2. The summed E-state index contributed by atoms with van der Waals surface area (Å²) in [5.41, 5.74) is 6.27. The van der Waals surface area contributed by atoms with Crippen molar-refractivity contribution >= 4 is 40.5 Å². The molecule has 0 fully saturated rings. The van der Waals surface area contributed by atoms with Crippen molar-refractivity contribution in [1.82, 2.24) is 0 Å². The Morgan fingerprint density at radius 2 is 1.89 bits per heavy atom. The molecular weight excluding hydrogens is 290 g/mol. The van der Waals surface area contributed by atoms with E-state index in [1.54, 1.807) is 12.1 Å². The number of carbonyl (C=O) groups excluding carboxylic acids is 1. The summed E-state index contributed by atoms with van der Waals surface area (Å²) >= 11 is 11.4. The van der Waals surface area contributed by atoms with Crippen molar-refractivity contribution in [2.75, 3.05) is 11.1 Å². The Bertz CT molecular complexity index is 647. The number of hydrogen-bond donors (Lipinski definition) is 2. The predicted molar refractivity (Wildman–Crippen MR) is 75.2 cm³/mol. The Kier molecular flexibility index (Phi) is 3.93. The summed E-state index contributed by atoms with van der Waals surface area (Å²) in [6.45, 7) is 0. The first-order valence-electron chi connectivity index (χ1n) is 5.29. The minimum atomic E-state index is -0.688. The summed E-state index contributed by atoms with van der Waals surface area (Å²) in [7, 11) is 0. The first-order chi connectivity index (χ1) is 8.97. The summed E-state index contributed by atoms with van der Waals surface area (Å²) in [6.07, 6.45) is 0. The molecule has 0 heterocycles. The number of hydrogen-bond acceptors (Lipinski definition) is 2. The molecule has 98 valence electrons. The summed E-state index contributed by atoms with van der Waals surface area (Å²) < 4.78 is 13.6. The average Bonchev–Trinajstić information content (AvgIpc) is 2.33. The lowest BCUT2D eigenvalue weighted by atomic mass is 10.2. The number of amides is 1. The van der Waals surface area contributed by atoms with Gasteiger partial charge in [-0.2, -0.15) is 0 Å². The van der Waals surface area contributed by atoms with E-state index in [2.05, 4.69) is 5.32 Å². The first kappa shape index (κ1) is 13.6. The molecule has 0 saturated heterocycles. The van der Waals surface area contributed by atoms with Crippen LogP contribution >= 0.6 is 23.2 Å². The van der Waals surface area contributed by atoms with Crippen molar-refractivity contribution < 1.29 is 9.18 Å². The number of benzene rings is 2. The van der Waals surface area contributed by atoms with Crippen LogP contribution in [0.1, 0.15) is 10.4 Å². The molecule has 0 aliphatic heterocycles. The van der Waals surface area contributed by atoms with E-state index in [1.165, 1.54) is 18.2 Å². The molecule has 0 radical (unpaired) electrons. The molecule has 2 aromatic rings. The lowest BCUT2D eigenvalue weighted by Crippen LogP contribution is -2.13. The molecule has 0 spiro atoms. The van der Waals surface area contributed by atoms with E-state index in [0.717, 1.165) is 6.07 Å². The summed E-state index contributed by atoms with van der Waals surface area (Å²) in [4.78, 5) is 11.9. The van der Waals surface area contributed by atoms with Gasteiger partial charge in [0.05, 0.1) is 16.3 Å². The van der Waals surface area contributed by atoms with Crippen LogP contribution in [0.5, 0.6) is 0 Å². The molecule has 2 rings (SSSR count). The van der Waals surface area contributed by atoms with E-state index in [-0.39, 0.29) is 10.6 Å². The van der Waals surface area contributed by atoms with Crippen molar-refractivity contribution in [3.63, 3.8) is 0 Å². The van der Waals surface area contributed by atoms with Gasteiger partial charge in [0.2, 0.25) is 0 Å². The number of nitrogen functional groups attached to an aromatic ring is 1. The highest BCUT2D eigenvalue weighted by Crippen LogP contribution is 2.23. The molecule has 3 N–H and O–H groups in total. The van der Waals surface area contributed by atoms with Crippen LogP contribution in [0.15, 0.2) is 36.4 Å². The van der Waals surface area contributed by atoms with Gasteiger partial charge in [-0.05, 0) is 36.4 Å². The maximum Gasteiger partial charge on any atom is 0.258 e. The molecule has 3 nitrogen and oxygen atoms in total. The molecule has 19 heavy (non-hydrogen) atoms. The third kappa shape index (κ3) is 3.16. The second-order valence-electron chi connectivity index (χ2n) is 3.81. The van der Waals surface area contributed by atoms with Gasteiger partial charge < -0.3 is 11.1 Å².